The fraction of sp³-hybridized carbons (Fsp3) is 0.167. The van der Waals surface area contributed by atoms with Crippen LogP contribution in [-0.2, 0) is 6.54 Å². The van der Waals surface area contributed by atoms with Gasteiger partial charge in [-0.2, -0.15) is 0 Å². The highest BCUT2D eigenvalue weighted by Crippen LogP contribution is 1.97. The molecule has 1 radical (unpaired) electrons. The van der Waals surface area contributed by atoms with Crippen LogP contribution in [0.2, 0.25) is 0 Å². The van der Waals surface area contributed by atoms with E-state index in [0.717, 1.165) is 12.1 Å². The third kappa shape index (κ3) is 1.10. The second-order valence-corrected chi connectivity index (χ2v) is 1.56. The molecule has 0 spiro atoms. The smallest absolute Gasteiger partial charge is 0.0947 e. The van der Waals surface area contributed by atoms with Gasteiger partial charge in [0.25, 0.3) is 0 Å². The molecule has 0 fully saturated rings. The SMILES string of the molecule is [CH2]NCc1ccoc1. The van der Waals surface area contributed by atoms with Gasteiger partial charge in [-0.3, -0.25) is 0 Å². The zero-order valence-electron chi connectivity index (χ0n) is 4.55. The molecule has 0 saturated heterocycles. The molecule has 0 amide bonds. The average Bonchev–Trinajstić information content (AvgIpc) is 2.19. The minimum absolute atomic E-state index is 0.774. The van der Waals surface area contributed by atoms with Gasteiger partial charge in [-0.15, -0.1) is 0 Å². The van der Waals surface area contributed by atoms with Gasteiger partial charge in [0.15, 0.2) is 0 Å². The van der Waals surface area contributed by atoms with Gasteiger partial charge in [0.05, 0.1) is 12.5 Å². The van der Waals surface area contributed by atoms with E-state index in [9.17, 15) is 0 Å². The number of rotatable bonds is 2. The van der Waals surface area contributed by atoms with Crippen molar-refractivity contribution in [3.8, 4) is 0 Å². The number of hydrogen-bond acceptors (Lipinski definition) is 2. The predicted molar refractivity (Wildman–Crippen MR) is 30.9 cm³/mol. The van der Waals surface area contributed by atoms with Crippen molar-refractivity contribution in [2.45, 2.75) is 6.54 Å². The molecule has 2 nitrogen and oxygen atoms in total. The molecular formula is C6H8NO. The molecule has 0 aromatic carbocycles. The standard InChI is InChI=1S/C6H8NO/c1-7-4-6-2-3-8-5-6/h2-3,5,7H,1,4H2. The van der Waals surface area contributed by atoms with Gasteiger partial charge in [0.2, 0.25) is 0 Å². The van der Waals surface area contributed by atoms with E-state index in [1.807, 2.05) is 6.07 Å². The van der Waals surface area contributed by atoms with E-state index in [4.69, 9.17) is 4.42 Å². The van der Waals surface area contributed by atoms with Crippen molar-refractivity contribution in [3.63, 3.8) is 0 Å². The normalized spacial score (nSPS) is 9.62. The van der Waals surface area contributed by atoms with E-state index in [-0.39, 0.29) is 0 Å². The summed E-state index contributed by atoms with van der Waals surface area (Å²) in [6.07, 6.45) is 3.34. The molecule has 0 unspecified atom stereocenters. The third-order valence-electron chi connectivity index (χ3n) is 0.909. The van der Waals surface area contributed by atoms with Crippen LogP contribution in [0, 0.1) is 7.05 Å². The molecule has 0 aliphatic heterocycles. The van der Waals surface area contributed by atoms with Crippen LogP contribution < -0.4 is 5.32 Å². The Labute approximate surface area is 48.5 Å². The van der Waals surface area contributed by atoms with Crippen molar-refractivity contribution >= 4 is 0 Å². The van der Waals surface area contributed by atoms with Crippen LogP contribution in [0.25, 0.3) is 0 Å². The first kappa shape index (κ1) is 5.38. The predicted octanol–water partition coefficient (Wildman–Crippen LogP) is 1.16. The average molecular weight is 110 g/mol. The van der Waals surface area contributed by atoms with Gasteiger partial charge in [-0.1, -0.05) is 0 Å². The zero-order valence-corrected chi connectivity index (χ0v) is 4.55. The zero-order chi connectivity index (χ0) is 5.82. The summed E-state index contributed by atoms with van der Waals surface area (Å²) in [6.45, 7) is 0.774. The van der Waals surface area contributed by atoms with Crippen LogP contribution in [0.4, 0.5) is 0 Å². The van der Waals surface area contributed by atoms with Gasteiger partial charge >= 0.3 is 0 Å². The van der Waals surface area contributed by atoms with E-state index in [0.29, 0.717) is 0 Å². The van der Waals surface area contributed by atoms with E-state index in [1.165, 1.54) is 0 Å². The van der Waals surface area contributed by atoms with Crippen LogP contribution in [0.1, 0.15) is 5.56 Å². The highest BCUT2D eigenvalue weighted by molar-refractivity contribution is 5.04. The van der Waals surface area contributed by atoms with Crippen LogP contribution in [-0.4, -0.2) is 0 Å². The van der Waals surface area contributed by atoms with E-state index >= 15 is 0 Å². The summed E-state index contributed by atoms with van der Waals surface area (Å²) in [5, 5.41) is 2.76. The Morgan fingerprint density at radius 2 is 2.62 bits per heavy atom. The van der Waals surface area contributed by atoms with E-state index in [2.05, 4.69) is 12.4 Å². The first-order valence-electron chi connectivity index (χ1n) is 2.44. The van der Waals surface area contributed by atoms with Gasteiger partial charge < -0.3 is 9.73 Å². The second kappa shape index (κ2) is 2.52. The van der Waals surface area contributed by atoms with Crippen molar-refractivity contribution in [1.82, 2.24) is 5.32 Å². The first-order valence-corrected chi connectivity index (χ1v) is 2.44. The largest absolute Gasteiger partial charge is 0.472 e. The van der Waals surface area contributed by atoms with E-state index in [1.54, 1.807) is 12.5 Å². The molecule has 0 atom stereocenters. The lowest BCUT2D eigenvalue weighted by atomic mass is 10.3. The highest BCUT2D eigenvalue weighted by Gasteiger charge is 1.87. The van der Waals surface area contributed by atoms with Crippen molar-refractivity contribution in [1.29, 1.82) is 0 Å². The van der Waals surface area contributed by atoms with Gasteiger partial charge in [0.1, 0.15) is 0 Å². The molecule has 0 aliphatic carbocycles. The Kier molecular flexibility index (Phi) is 1.70. The van der Waals surface area contributed by atoms with Crippen molar-refractivity contribution in [2.75, 3.05) is 0 Å². The molecule has 1 heterocycles. The summed E-state index contributed by atoms with van der Waals surface area (Å²) in [5.74, 6) is 0. The summed E-state index contributed by atoms with van der Waals surface area (Å²) in [6, 6.07) is 1.90. The van der Waals surface area contributed by atoms with Gasteiger partial charge in [0, 0.05) is 19.2 Å². The molecule has 8 heavy (non-hydrogen) atoms. The van der Waals surface area contributed by atoms with Gasteiger partial charge in [-0.05, 0) is 6.07 Å². The Morgan fingerprint density at radius 3 is 3.12 bits per heavy atom. The Balaban J connectivity index is 2.50. The molecule has 2 heteroatoms. The maximum atomic E-state index is 4.80. The lowest BCUT2D eigenvalue weighted by Crippen LogP contribution is -1.99. The highest BCUT2D eigenvalue weighted by atomic mass is 16.3. The molecule has 1 aromatic heterocycles. The minimum atomic E-state index is 0.774. The summed E-state index contributed by atoms with van der Waals surface area (Å²) >= 11 is 0. The molecule has 0 aliphatic rings. The lowest BCUT2D eigenvalue weighted by molar-refractivity contribution is 0.563. The molecule has 0 saturated carbocycles. The van der Waals surface area contributed by atoms with Crippen molar-refractivity contribution in [2.24, 2.45) is 0 Å². The molecular weight excluding hydrogens is 102 g/mol. The second-order valence-electron chi connectivity index (χ2n) is 1.56. The first-order chi connectivity index (χ1) is 3.93. The van der Waals surface area contributed by atoms with Crippen molar-refractivity contribution < 1.29 is 4.42 Å². The third-order valence-corrected chi connectivity index (χ3v) is 0.909. The molecule has 0 bridgehead atoms. The molecule has 1 N–H and O–H groups in total. The van der Waals surface area contributed by atoms with Crippen LogP contribution in [0.15, 0.2) is 23.0 Å². The maximum Gasteiger partial charge on any atom is 0.0947 e. The number of furan rings is 1. The van der Waals surface area contributed by atoms with Crippen LogP contribution >= 0.6 is 0 Å². The van der Waals surface area contributed by atoms with Crippen LogP contribution in [0.3, 0.4) is 0 Å². The summed E-state index contributed by atoms with van der Waals surface area (Å²) in [5.41, 5.74) is 1.13. The summed E-state index contributed by atoms with van der Waals surface area (Å²) < 4.78 is 4.80. The fourth-order valence-electron chi connectivity index (χ4n) is 0.538. The molecule has 1 aromatic rings. The van der Waals surface area contributed by atoms with E-state index < -0.39 is 0 Å². The molecule has 1 rings (SSSR count). The monoisotopic (exact) mass is 110 g/mol. The quantitative estimate of drug-likeness (QED) is 0.618. The van der Waals surface area contributed by atoms with Gasteiger partial charge in [-0.25, -0.2) is 0 Å². The van der Waals surface area contributed by atoms with Crippen molar-refractivity contribution in [3.05, 3.63) is 31.2 Å². The molecule has 43 valence electrons. The fourth-order valence-corrected chi connectivity index (χ4v) is 0.538. The van der Waals surface area contributed by atoms with Crippen LogP contribution in [0.5, 0.6) is 0 Å². The lowest BCUT2D eigenvalue weighted by Gasteiger charge is -1.88. The summed E-state index contributed by atoms with van der Waals surface area (Å²) in [7, 11) is 3.47. The Hall–Kier alpha value is -0.760. The summed E-state index contributed by atoms with van der Waals surface area (Å²) in [4.78, 5) is 0. The number of nitrogens with one attached hydrogen (secondary N) is 1. The minimum Gasteiger partial charge on any atom is -0.472 e. The Morgan fingerprint density at radius 1 is 1.75 bits per heavy atom. The maximum absolute atomic E-state index is 4.80. The number of hydrogen-bond donors (Lipinski definition) is 1. The topological polar surface area (TPSA) is 25.2 Å². The Bertz CT molecular complexity index is 134.